The van der Waals surface area contributed by atoms with Crippen molar-refractivity contribution in [2.24, 2.45) is 22.2 Å². The first-order chi connectivity index (χ1) is 18.8. The molecule has 0 aliphatic carbocycles. The molecule has 3 aromatic rings. The van der Waals surface area contributed by atoms with Gasteiger partial charge in [0.15, 0.2) is 5.96 Å². The van der Waals surface area contributed by atoms with Crippen molar-refractivity contribution in [2.75, 3.05) is 6.54 Å². The van der Waals surface area contributed by atoms with Crippen LogP contribution in [0, 0.1) is 0 Å². The van der Waals surface area contributed by atoms with Crippen LogP contribution in [0.2, 0.25) is 0 Å². The summed E-state index contributed by atoms with van der Waals surface area (Å²) < 4.78 is 0. The molecule has 0 fully saturated rings. The molecule has 8 N–H and O–H groups in total. The maximum absolute atomic E-state index is 13.3. The van der Waals surface area contributed by atoms with Gasteiger partial charge in [-0.15, -0.1) is 0 Å². The number of nitrogens with two attached hydrogens (primary N) is 3. The minimum Gasteiger partial charge on any atom is -0.370 e. The lowest BCUT2D eigenvalue weighted by molar-refractivity contribution is -0.131. The Morgan fingerprint density at radius 1 is 0.718 bits per heavy atom. The van der Waals surface area contributed by atoms with Crippen LogP contribution < -0.4 is 27.8 Å². The van der Waals surface area contributed by atoms with Gasteiger partial charge in [-0.05, 0) is 29.5 Å². The average molecular weight is 529 g/mol. The van der Waals surface area contributed by atoms with Gasteiger partial charge in [0.1, 0.15) is 12.1 Å². The zero-order chi connectivity index (χ0) is 28.0. The van der Waals surface area contributed by atoms with Gasteiger partial charge >= 0.3 is 0 Å². The van der Waals surface area contributed by atoms with E-state index in [1.165, 1.54) is 0 Å². The van der Waals surface area contributed by atoms with Gasteiger partial charge in [0.25, 0.3) is 0 Å². The van der Waals surface area contributed by atoms with E-state index in [-0.39, 0.29) is 37.0 Å². The summed E-state index contributed by atoms with van der Waals surface area (Å²) in [4.78, 5) is 42.7. The summed E-state index contributed by atoms with van der Waals surface area (Å²) in [7, 11) is 0. The summed E-state index contributed by atoms with van der Waals surface area (Å²) in [6.45, 7) is 0.294. The lowest BCUT2D eigenvalue weighted by Crippen LogP contribution is -2.53. The third-order valence-corrected chi connectivity index (χ3v) is 6.33. The van der Waals surface area contributed by atoms with Gasteiger partial charge in [0, 0.05) is 25.3 Å². The third kappa shape index (κ3) is 9.62. The monoisotopic (exact) mass is 528 g/mol. The number of carbonyl (C=O) groups excluding carboxylic acids is 3. The van der Waals surface area contributed by atoms with Crippen LogP contribution in [0.3, 0.4) is 0 Å². The third-order valence-electron chi connectivity index (χ3n) is 6.33. The number of carbonyl (C=O) groups is 3. The maximum Gasteiger partial charge on any atom is 0.243 e. The minimum absolute atomic E-state index is 0.0507. The molecule has 0 aliphatic rings. The summed E-state index contributed by atoms with van der Waals surface area (Å²) in [5.41, 5.74) is 19.3. The molecule has 3 rings (SSSR count). The van der Waals surface area contributed by atoms with Crippen LogP contribution in [0.1, 0.15) is 41.9 Å². The first-order valence-corrected chi connectivity index (χ1v) is 12.9. The van der Waals surface area contributed by atoms with Crippen LogP contribution in [-0.4, -0.2) is 42.3 Å². The Kier molecular flexibility index (Phi) is 11.1. The Labute approximate surface area is 228 Å². The number of benzene rings is 3. The number of amides is 3. The molecule has 204 valence electrons. The lowest BCUT2D eigenvalue weighted by atomic mass is 9.88. The highest BCUT2D eigenvalue weighted by molar-refractivity contribution is 5.92. The molecule has 0 saturated carbocycles. The van der Waals surface area contributed by atoms with Crippen LogP contribution in [0.4, 0.5) is 0 Å². The molecule has 9 nitrogen and oxygen atoms in total. The molecule has 3 amide bonds. The average Bonchev–Trinajstić information content (AvgIpc) is 2.94. The van der Waals surface area contributed by atoms with Crippen molar-refractivity contribution in [1.29, 1.82) is 0 Å². The van der Waals surface area contributed by atoms with Crippen LogP contribution in [0.5, 0.6) is 0 Å². The van der Waals surface area contributed by atoms with E-state index in [4.69, 9.17) is 17.2 Å². The molecule has 0 heterocycles. The van der Waals surface area contributed by atoms with E-state index >= 15 is 0 Å². The van der Waals surface area contributed by atoms with Crippen molar-refractivity contribution in [2.45, 2.75) is 43.7 Å². The number of primary amides is 1. The van der Waals surface area contributed by atoms with Crippen molar-refractivity contribution in [3.63, 3.8) is 0 Å². The van der Waals surface area contributed by atoms with Gasteiger partial charge < -0.3 is 27.8 Å². The number of nitrogens with one attached hydrogen (secondary N) is 2. The number of guanidine groups is 1. The highest BCUT2D eigenvalue weighted by atomic mass is 16.2. The molecule has 0 aromatic heterocycles. The molecular formula is C30H36N6O3. The second-order valence-corrected chi connectivity index (χ2v) is 9.30. The van der Waals surface area contributed by atoms with Gasteiger partial charge in [0.05, 0.1) is 0 Å². The first-order valence-electron chi connectivity index (χ1n) is 12.9. The van der Waals surface area contributed by atoms with E-state index in [1.807, 2.05) is 91.0 Å². The predicted molar refractivity (Wildman–Crippen MR) is 152 cm³/mol. The molecule has 0 saturated heterocycles. The maximum atomic E-state index is 13.3. The van der Waals surface area contributed by atoms with Gasteiger partial charge in [-0.2, -0.15) is 0 Å². The largest absolute Gasteiger partial charge is 0.370 e. The number of hydrogen-bond donors (Lipinski definition) is 5. The SMILES string of the molecule is NC(=O)[C@H](Cc1ccccc1)NC(=O)[C@@H](CCCN=C(N)N)NC(=O)CC(c1ccccc1)c1ccccc1. The summed E-state index contributed by atoms with van der Waals surface area (Å²) in [5, 5.41) is 5.59. The Hall–Kier alpha value is -4.66. The van der Waals surface area contributed by atoms with Crippen LogP contribution in [0.15, 0.2) is 96.0 Å². The zero-order valence-electron chi connectivity index (χ0n) is 21.8. The number of hydrogen-bond acceptors (Lipinski definition) is 4. The highest BCUT2D eigenvalue weighted by Crippen LogP contribution is 2.27. The van der Waals surface area contributed by atoms with Crippen LogP contribution >= 0.6 is 0 Å². The van der Waals surface area contributed by atoms with E-state index in [9.17, 15) is 14.4 Å². The molecule has 0 unspecified atom stereocenters. The van der Waals surface area contributed by atoms with E-state index < -0.39 is 23.9 Å². The summed E-state index contributed by atoms with van der Waals surface area (Å²) in [6, 6.07) is 26.9. The summed E-state index contributed by atoms with van der Waals surface area (Å²) >= 11 is 0. The van der Waals surface area contributed by atoms with E-state index in [0.29, 0.717) is 13.0 Å². The van der Waals surface area contributed by atoms with Crippen LogP contribution in [-0.2, 0) is 20.8 Å². The number of nitrogens with zero attached hydrogens (tertiary/aromatic N) is 1. The van der Waals surface area contributed by atoms with Gasteiger partial charge in [0.2, 0.25) is 17.7 Å². The molecule has 0 radical (unpaired) electrons. The Balaban J connectivity index is 1.75. The van der Waals surface area contributed by atoms with Crippen molar-refractivity contribution >= 4 is 23.7 Å². The fraction of sp³-hybridized carbons (Fsp3) is 0.267. The van der Waals surface area contributed by atoms with E-state index in [0.717, 1.165) is 16.7 Å². The molecular weight excluding hydrogens is 492 g/mol. The van der Waals surface area contributed by atoms with Crippen molar-refractivity contribution in [1.82, 2.24) is 10.6 Å². The fourth-order valence-corrected chi connectivity index (χ4v) is 4.35. The quantitative estimate of drug-likeness (QED) is 0.122. The summed E-state index contributed by atoms with van der Waals surface area (Å²) in [5.74, 6) is -1.71. The Morgan fingerprint density at radius 2 is 1.26 bits per heavy atom. The van der Waals surface area contributed by atoms with Gasteiger partial charge in [-0.3, -0.25) is 19.4 Å². The van der Waals surface area contributed by atoms with E-state index in [2.05, 4.69) is 15.6 Å². The fourth-order valence-electron chi connectivity index (χ4n) is 4.35. The molecule has 2 atom stereocenters. The predicted octanol–water partition coefficient (Wildman–Crippen LogP) is 1.96. The lowest BCUT2D eigenvalue weighted by Gasteiger charge is -2.23. The molecule has 39 heavy (non-hydrogen) atoms. The highest BCUT2D eigenvalue weighted by Gasteiger charge is 2.27. The van der Waals surface area contributed by atoms with Gasteiger partial charge in [-0.25, -0.2) is 0 Å². The van der Waals surface area contributed by atoms with Crippen molar-refractivity contribution in [3.8, 4) is 0 Å². The normalized spacial score (nSPS) is 12.2. The standard InChI is InChI=1S/C30H36N6O3/c31-28(38)26(19-21-11-4-1-5-12-21)36-29(39)25(17-10-18-34-30(32)33)35-27(37)20-24(22-13-6-2-7-14-22)23-15-8-3-9-16-23/h1-9,11-16,24-26H,10,17-20H2,(H2,31,38)(H,35,37)(H,36,39)(H4,32,33,34)/t25-,26+/m1/s1. The Morgan fingerprint density at radius 3 is 1.77 bits per heavy atom. The molecule has 3 aromatic carbocycles. The Bertz CT molecular complexity index is 1190. The second kappa shape index (κ2) is 14.9. The number of rotatable bonds is 14. The van der Waals surface area contributed by atoms with Crippen molar-refractivity contribution < 1.29 is 14.4 Å². The van der Waals surface area contributed by atoms with Crippen molar-refractivity contribution in [3.05, 3.63) is 108 Å². The smallest absolute Gasteiger partial charge is 0.243 e. The van der Waals surface area contributed by atoms with Crippen LogP contribution in [0.25, 0.3) is 0 Å². The minimum atomic E-state index is -0.932. The van der Waals surface area contributed by atoms with E-state index in [1.54, 1.807) is 0 Å². The first kappa shape index (κ1) is 28.9. The number of aliphatic imine (C=N–C) groups is 1. The molecule has 0 bridgehead atoms. The van der Waals surface area contributed by atoms with Gasteiger partial charge in [-0.1, -0.05) is 91.0 Å². The molecule has 0 spiro atoms. The molecule has 9 heteroatoms. The summed E-state index contributed by atoms with van der Waals surface area (Å²) in [6.07, 6.45) is 1.08. The topological polar surface area (TPSA) is 166 Å². The molecule has 0 aliphatic heterocycles. The zero-order valence-corrected chi connectivity index (χ0v) is 21.8. The second-order valence-electron chi connectivity index (χ2n) is 9.30.